The molecule has 1 aliphatic carbocycles. The second kappa shape index (κ2) is 10.4. The second-order valence-corrected chi connectivity index (χ2v) is 6.66. The lowest BCUT2D eigenvalue weighted by Crippen LogP contribution is -2.21. The van der Waals surface area contributed by atoms with Crippen LogP contribution in [0.25, 0.3) is 0 Å². The van der Waals surface area contributed by atoms with Crippen LogP contribution in [0, 0.1) is 5.92 Å². The van der Waals surface area contributed by atoms with Crippen LogP contribution in [-0.2, 0) is 16.0 Å². The van der Waals surface area contributed by atoms with E-state index in [1.807, 2.05) is 0 Å². The zero-order valence-electron chi connectivity index (χ0n) is 14.5. The predicted molar refractivity (Wildman–Crippen MR) is 87.6 cm³/mol. The molecule has 24 heavy (non-hydrogen) atoms. The standard InChI is InChI=1S/C17H29N3O4/c1-23-11-10-15-18-17(24-20-15)14(12-16(21)19-22)9-5-8-13-6-3-2-4-7-13/h13-14,22H,2-12H2,1H3,(H,19,21)/t14-/m0/s1. The summed E-state index contributed by atoms with van der Waals surface area (Å²) in [6, 6.07) is 0. The number of nitrogens with one attached hydrogen (secondary N) is 1. The van der Waals surface area contributed by atoms with Gasteiger partial charge in [0.1, 0.15) is 0 Å². The molecule has 1 aromatic heterocycles. The highest BCUT2D eigenvalue weighted by atomic mass is 16.5. The van der Waals surface area contributed by atoms with Gasteiger partial charge in [-0.05, 0) is 12.3 Å². The van der Waals surface area contributed by atoms with Crippen molar-refractivity contribution in [2.45, 2.75) is 70.1 Å². The maximum atomic E-state index is 11.6. The smallest absolute Gasteiger partial charge is 0.244 e. The molecule has 0 spiro atoms. The van der Waals surface area contributed by atoms with Gasteiger partial charge in [-0.1, -0.05) is 50.1 Å². The first-order valence-electron chi connectivity index (χ1n) is 8.97. The molecule has 0 saturated heterocycles. The van der Waals surface area contributed by atoms with Gasteiger partial charge < -0.3 is 9.26 Å². The van der Waals surface area contributed by atoms with Gasteiger partial charge >= 0.3 is 0 Å². The maximum Gasteiger partial charge on any atom is 0.244 e. The Morgan fingerprint density at radius 3 is 2.92 bits per heavy atom. The lowest BCUT2D eigenvalue weighted by atomic mass is 9.84. The van der Waals surface area contributed by atoms with Crippen LogP contribution in [-0.4, -0.2) is 35.0 Å². The molecule has 0 unspecified atom stereocenters. The van der Waals surface area contributed by atoms with Crippen molar-refractivity contribution >= 4 is 5.91 Å². The number of rotatable bonds is 10. The van der Waals surface area contributed by atoms with Crippen LogP contribution < -0.4 is 5.48 Å². The highest BCUT2D eigenvalue weighted by Crippen LogP contribution is 2.31. The number of aromatic nitrogens is 2. The van der Waals surface area contributed by atoms with Gasteiger partial charge in [0.05, 0.1) is 6.61 Å². The van der Waals surface area contributed by atoms with E-state index in [2.05, 4.69) is 10.1 Å². The molecule has 0 aliphatic heterocycles. The molecular formula is C17H29N3O4. The third kappa shape index (κ3) is 6.20. The number of hydroxylamine groups is 1. The van der Waals surface area contributed by atoms with E-state index in [1.165, 1.54) is 38.5 Å². The second-order valence-electron chi connectivity index (χ2n) is 6.66. The molecule has 136 valence electrons. The van der Waals surface area contributed by atoms with Gasteiger partial charge in [-0.15, -0.1) is 0 Å². The van der Waals surface area contributed by atoms with Gasteiger partial charge in [-0.3, -0.25) is 10.0 Å². The van der Waals surface area contributed by atoms with E-state index >= 15 is 0 Å². The molecule has 0 radical (unpaired) electrons. The Morgan fingerprint density at radius 1 is 1.42 bits per heavy atom. The minimum Gasteiger partial charge on any atom is -0.384 e. The number of methoxy groups -OCH3 is 1. The number of hydrogen-bond donors (Lipinski definition) is 2. The average Bonchev–Trinajstić information content (AvgIpc) is 3.08. The summed E-state index contributed by atoms with van der Waals surface area (Å²) in [6.07, 6.45) is 10.5. The Bertz CT molecular complexity index is 486. The topological polar surface area (TPSA) is 97.5 Å². The van der Waals surface area contributed by atoms with Crippen LogP contribution >= 0.6 is 0 Å². The van der Waals surface area contributed by atoms with Gasteiger partial charge in [0, 0.05) is 25.9 Å². The zero-order valence-corrected chi connectivity index (χ0v) is 14.5. The molecule has 1 aliphatic rings. The molecule has 2 N–H and O–H groups in total. The average molecular weight is 339 g/mol. The van der Waals surface area contributed by atoms with E-state index < -0.39 is 5.91 Å². The van der Waals surface area contributed by atoms with Gasteiger partial charge in [-0.25, -0.2) is 5.48 Å². The number of ether oxygens (including phenoxy) is 1. The molecule has 0 aromatic carbocycles. The molecule has 0 bridgehead atoms. The molecule has 1 saturated carbocycles. The van der Waals surface area contributed by atoms with Crippen molar-refractivity contribution in [3.63, 3.8) is 0 Å². The highest BCUT2D eigenvalue weighted by molar-refractivity contribution is 5.75. The number of carbonyl (C=O) groups excluding carboxylic acids is 1. The van der Waals surface area contributed by atoms with E-state index in [4.69, 9.17) is 14.5 Å². The summed E-state index contributed by atoms with van der Waals surface area (Å²) in [5.74, 6) is 1.31. The Balaban J connectivity index is 1.88. The fourth-order valence-electron chi connectivity index (χ4n) is 3.44. The molecule has 1 amide bonds. The number of hydrogen-bond acceptors (Lipinski definition) is 6. The molecule has 1 aromatic rings. The van der Waals surface area contributed by atoms with Gasteiger partial charge in [0.2, 0.25) is 11.8 Å². The van der Waals surface area contributed by atoms with Crippen LogP contribution in [0.1, 0.15) is 75.4 Å². The normalized spacial score (nSPS) is 16.9. The van der Waals surface area contributed by atoms with Crippen LogP contribution in [0.15, 0.2) is 4.52 Å². The van der Waals surface area contributed by atoms with Crippen LogP contribution in [0.5, 0.6) is 0 Å². The molecule has 7 heteroatoms. The first-order chi connectivity index (χ1) is 11.7. The lowest BCUT2D eigenvalue weighted by Gasteiger charge is -2.22. The molecule has 1 heterocycles. The maximum absolute atomic E-state index is 11.6. The fourth-order valence-corrected chi connectivity index (χ4v) is 3.44. The number of nitrogens with zero attached hydrogens (tertiary/aromatic N) is 2. The van der Waals surface area contributed by atoms with Crippen LogP contribution in [0.2, 0.25) is 0 Å². The van der Waals surface area contributed by atoms with Crippen molar-refractivity contribution in [3.8, 4) is 0 Å². The van der Waals surface area contributed by atoms with E-state index in [9.17, 15) is 4.79 Å². The number of carbonyl (C=O) groups is 1. The van der Waals surface area contributed by atoms with Crippen molar-refractivity contribution in [2.24, 2.45) is 5.92 Å². The molecular weight excluding hydrogens is 310 g/mol. The Kier molecular flexibility index (Phi) is 8.18. The van der Waals surface area contributed by atoms with Gasteiger partial charge in [0.15, 0.2) is 5.82 Å². The van der Waals surface area contributed by atoms with Crippen molar-refractivity contribution in [2.75, 3.05) is 13.7 Å². The Labute approximate surface area is 143 Å². The molecule has 2 rings (SSSR count). The Morgan fingerprint density at radius 2 is 2.21 bits per heavy atom. The fraction of sp³-hybridized carbons (Fsp3) is 0.824. The first-order valence-corrected chi connectivity index (χ1v) is 8.97. The van der Waals surface area contributed by atoms with Crippen molar-refractivity contribution in [3.05, 3.63) is 11.7 Å². The Hall–Kier alpha value is -1.47. The summed E-state index contributed by atoms with van der Waals surface area (Å²) in [5.41, 5.74) is 1.70. The summed E-state index contributed by atoms with van der Waals surface area (Å²) in [7, 11) is 1.63. The molecule has 1 atom stereocenters. The van der Waals surface area contributed by atoms with Crippen molar-refractivity contribution < 1.29 is 19.3 Å². The third-order valence-electron chi connectivity index (χ3n) is 4.81. The lowest BCUT2D eigenvalue weighted by molar-refractivity contribution is -0.129. The van der Waals surface area contributed by atoms with Gasteiger partial charge in [-0.2, -0.15) is 4.98 Å². The van der Waals surface area contributed by atoms with E-state index in [1.54, 1.807) is 12.6 Å². The largest absolute Gasteiger partial charge is 0.384 e. The quantitative estimate of drug-likeness (QED) is 0.502. The zero-order chi connectivity index (χ0) is 17.2. The van der Waals surface area contributed by atoms with Crippen molar-refractivity contribution in [1.29, 1.82) is 0 Å². The molecule has 7 nitrogen and oxygen atoms in total. The summed E-state index contributed by atoms with van der Waals surface area (Å²) in [5, 5.41) is 12.7. The van der Waals surface area contributed by atoms with E-state index in [-0.39, 0.29) is 12.3 Å². The van der Waals surface area contributed by atoms with E-state index in [0.717, 1.165) is 18.8 Å². The highest BCUT2D eigenvalue weighted by Gasteiger charge is 2.23. The summed E-state index contributed by atoms with van der Waals surface area (Å²) in [4.78, 5) is 15.9. The van der Waals surface area contributed by atoms with Gasteiger partial charge in [0.25, 0.3) is 0 Å². The van der Waals surface area contributed by atoms with E-state index in [0.29, 0.717) is 24.7 Å². The minimum atomic E-state index is -0.422. The first kappa shape index (κ1) is 18.9. The monoisotopic (exact) mass is 339 g/mol. The number of amides is 1. The summed E-state index contributed by atoms with van der Waals surface area (Å²) >= 11 is 0. The van der Waals surface area contributed by atoms with Crippen LogP contribution in [0.4, 0.5) is 0 Å². The minimum absolute atomic E-state index is 0.149. The summed E-state index contributed by atoms with van der Waals surface area (Å²) < 4.78 is 10.3. The SMILES string of the molecule is COCCc1noc([C@@H](CCCC2CCCCC2)CC(=O)NO)n1. The molecule has 1 fully saturated rings. The van der Waals surface area contributed by atoms with Crippen LogP contribution in [0.3, 0.4) is 0 Å². The predicted octanol–water partition coefficient (Wildman–Crippen LogP) is 2.99. The summed E-state index contributed by atoms with van der Waals surface area (Å²) in [6.45, 7) is 0.530. The van der Waals surface area contributed by atoms with Crippen molar-refractivity contribution in [1.82, 2.24) is 15.6 Å². The third-order valence-corrected chi connectivity index (χ3v) is 4.81.